The summed E-state index contributed by atoms with van der Waals surface area (Å²) < 4.78 is 0. The van der Waals surface area contributed by atoms with Gasteiger partial charge in [0.15, 0.2) is 0 Å². The molecule has 1 saturated carbocycles. The van der Waals surface area contributed by atoms with Gasteiger partial charge in [0.05, 0.1) is 6.04 Å². The number of likely N-dealkylation sites (tertiary alicyclic amines) is 2. The van der Waals surface area contributed by atoms with Crippen molar-refractivity contribution in [2.45, 2.75) is 82.1 Å². The molecule has 3 fully saturated rings. The van der Waals surface area contributed by atoms with Crippen molar-refractivity contribution >= 4 is 5.91 Å². The minimum Gasteiger partial charge on any atom is -0.336 e. The number of piperidine rings is 1. The zero-order valence-corrected chi connectivity index (χ0v) is 17.4. The Bertz CT molecular complexity index is 700. The van der Waals surface area contributed by atoms with Crippen LogP contribution in [0, 0.1) is 5.92 Å². The van der Waals surface area contributed by atoms with Crippen molar-refractivity contribution in [3.05, 3.63) is 35.4 Å². The highest BCUT2D eigenvalue weighted by atomic mass is 16.2. The van der Waals surface area contributed by atoms with E-state index in [9.17, 15) is 4.79 Å². The highest BCUT2D eigenvalue weighted by molar-refractivity contribution is 5.78. The molecule has 1 aromatic carbocycles. The summed E-state index contributed by atoms with van der Waals surface area (Å²) >= 11 is 0. The summed E-state index contributed by atoms with van der Waals surface area (Å²) in [4.78, 5) is 17.4. The molecule has 2 aliphatic carbocycles. The lowest BCUT2D eigenvalue weighted by Gasteiger charge is -2.49. The van der Waals surface area contributed by atoms with Crippen LogP contribution in [0.3, 0.4) is 0 Å². The Morgan fingerprint density at radius 3 is 2.43 bits per heavy atom. The molecule has 0 bridgehead atoms. The van der Waals surface area contributed by atoms with Crippen molar-refractivity contribution in [3.63, 3.8) is 0 Å². The van der Waals surface area contributed by atoms with Crippen LogP contribution in [0.1, 0.15) is 87.8 Å². The van der Waals surface area contributed by atoms with Crippen molar-refractivity contribution in [2.24, 2.45) is 5.92 Å². The molecule has 152 valence electrons. The topological polar surface area (TPSA) is 23.6 Å². The van der Waals surface area contributed by atoms with E-state index in [1.165, 1.54) is 76.6 Å². The van der Waals surface area contributed by atoms with Crippen molar-refractivity contribution in [1.29, 1.82) is 0 Å². The number of fused-ring (bicyclic) bond motifs is 2. The number of hydrogen-bond donors (Lipinski definition) is 0. The molecular formula is C25H36N2O. The van der Waals surface area contributed by atoms with Gasteiger partial charge in [-0.2, -0.15) is 0 Å². The number of amides is 1. The van der Waals surface area contributed by atoms with Crippen LogP contribution in [-0.4, -0.2) is 41.9 Å². The van der Waals surface area contributed by atoms with Crippen LogP contribution in [0.25, 0.3) is 0 Å². The predicted octanol–water partition coefficient (Wildman–Crippen LogP) is 5.06. The lowest BCUT2D eigenvalue weighted by Crippen LogP contribution is -2.47. The van der Waals surface area contributed by atoms with E-state index in [0.29, 0.717) is 17.4 Å². The summed E-state index contributed by atoms with van der Waals surface area (Å²) in [5.74, 6) is 1.32. The number of hydrogen-bond acceptors (Lipinski definition) is 2. The molecule has 4 aliphatic rings. The number of nitrogens with zero attached hydrogens (tertiary/aromatic N) is 2. The van der Waals surface area contributed by atoms with Crippen LogP contribution in [0.2, 0.25) is 0 Å². The second kappa shape index (κ2) is 7.82. The minimum absolute atomic E-state index is 0.331. The van der Waals surface area contributed by atoms with Gasteiger partial charge in [-0.25, -0.2) is 0 Å². The zero-order chi connectivity index (χ0) is 19.0. The Balaban J connectivity index is 1.31. The first kappa shape index (κ1) is 18.7. The van der Waals surface area contributed by atoms with E-state index in [1.54, 1.807) is 5.56 Å². The van der Waals surface area contributed by atoms with E-state index >= 15 is 0 Å². The van der Waals surface area contributed by atoms with Crippen LogP contribution < -0.4 is 0 Å². The number of carbonyl (C=O) groups excluding carboxylic acids is 1. The lowest BCUT2D eigenvalue weighted by atomic mass is 9.63. The second-order valence-electron chi connectivity index (χ2n) is 9.92. The number of benzene rings is 1. The van der Waals surface area contributed by atoms with Gasteiger partial charge in [0.25, 0.3) is 0 Å². The second-order valence-corrected chi connectivity index (χ2v) is 9.92. The molecule has 1 atom stereocenters. The molecule has 3 nitrogen and oxygen atoms in total. The molecule has 0 unspecified atom stereocenters. The quantitative estimate of drug-likeness (QED) is 0.732. The van der Waals surface area contributed by atoms with Crippen molar-refractivity contribution in [2.75, 3.05) is 26.2 Å². The molecule has 2 aliphatic heterocycles. The summed E-state index contributed by atoms with van der Waals surface area (Å²) in [6.07, 6.45) is 14.1. The minimum atomic E-state index is 0.331. The Hall–Kier alpha value is -1.35. The third kappa shape index (κ3) is 3.40. The maximum atomic E-state index is 12.4. The fourth-order valence-electron chi connectivity index (χ4n) is 6.71. The third-order valence-corrected chi connectivity index (χ3v) is 8.33. The Labute approximate surface area is 170 Å². The molecule has 3 heteroatoms. The fourth-order valence-corrected chi connectivity index (χ4v) is 6.71. The summed E-state index contributed by atoms with van der Waals surface area (Å²) in [7, 11) is 0. The first-order chi connectivity index (χ1) is 13.8. The SMILES string of the molecule is O=C1CCCN1[C@H]1CCC2(CCN(CC3CCCCC3)CC2)c2ccccc21. The van der Waals surface area contributed by atoms with Gasteiger partial charge in [0.1, 0.15) is 0 Å². The lowest BCUT2D eigenvalue weighted by molar-refractivity contribution is -0.130. The molecule has 0 radical (unpaired) electrons. The largest absolute Gasteiger partial charge is 0.336 e. The van der Waals surface area contributed by atoms with Gasteiger partial charge in [-0.05, 0) is 80.5 Å². The summed E-state index contributed by atoms with van der Waals surface area (Å²) in [6.45, 7) is 4.82. The molecular weight excluding hydrogens is 344 g/mol. The summed E-state index contributed by atoms with van der Waals surface area (Å²) in [5, 5.41) is 0. The molecule has 2 heterocycles. The van der Waals surface area contributed by atoms with Gasteiger partial charge in [-0.15, -0.1) is 0 Å². The average Bonchev–Trinajstić information content (AvgIpc) is 3.17. The first-order valence-electron chi connectivity index (χ1n) is 11.9. The van der Waals surface area contributed by atoms with Crippen molar-refractivity contribution in [1.82, 2.24) is 9.80 Å². The Kier molecular flexibility index (Phi) is 5.21. The van der Waals surface area contributed by atoms with Gasteiger partial charge >= 0.3 is 0 Å². The standard InChI is InChI=1S/C25H36N2O/c28-24-11-6-16-27(24)23-12-13-25(22-10-5-4-9-21(22)23)14-17-26(18-15-25)19-20-7-2-1-3-8-20/h4-5,9-10,20,23H,1-3,6-8,11-19H2/t23-/m0/s1. The third-order valence-electron chi connectivity index (χ3n) is 8.33. The maximum Gasteiger partial charge on any atom is 0.223 e. The summed E-state index contributed by atoms with van der Waals surface area (Å²) in [6, 6.07) is 9.45. The van der Waals surface area contributed by atoms with Crippen molar-refractivity contribution in [3.8, 4) is 0 Å². The Morgan fingerprint density at radius 2 is 1.68 bits per heavy atom. The predicted molar refractivity (Wildman–Crippen MR) is 113 cm³/mol. The van der Waals surface area contributed by atoms with E-state index in [2.05, 4.69) is 34.1 Å². The maximum absolute atomic E-state index is 12.4. The molecule has 1 aromatic rings. The molecule has 28 heavy (non-hydrogen) atoms. The van der Waals surface area contributed by atoms with Crippen LogP contribution in [0.4, 0.5) is 0 Å². The average molecular weight is 381 g/mol. The van der Waals surface area contributed by atoms with Crippen LogP contribution >= 0.6 is 0 Å². The molecule has 1 amide bonds. The van der Waals surface area contributed by atoms with E-state index in [4.69, 9.17) is 0 Å². The zero-order valence-electron chi connectivity index (χ0n) is 17.4. The van der Waals surface area contributed by atoms with E-state index in [-0.39, 0.29) is 0 Å². The van der Waals surface area contributed by atoms with Gasteiger partial charge in [0.2, 0.25) is 5.91 Å². The number of carbonyl (C=O) groups is 1. The van der Waals surface area contributed by atoms with Gasteiger partial charge < -0.3 is 9.80 Å². The van der Waals surface area contributed by atoms with E-state index < -0.39 is 0 Å². The highest BCUT2D eigenvalue weighted by Gasteiger charge is 2.44. The smallest absolute Gasteiger partial charge is 0.223 e. The molecule has 1 spiro atoms. The van der Waals surface area contributed by atoms with Gasteiger partial charge in [-0.3, -0.25) is 4.79 Å². The van der Waals surface area contributed by atoms with E-state index in [0.717, 1.165) is 31.7 Å². The van der Waals surface area contributed by atoms with Crippen LogP contribution in [-0.2, 0) is 10.2 Å². The van der Waals surface area contributed by atoms with Crippen LogP contribution in [0.5, 0.6) is 0 Å². The Morgan fingerprint density at radius 1 is 0.893 bits per heavy atom. The van der Waals surface area contributed by atoms with Crippen molar-refractivity contribution < 1.29 is 4.79 Å². The monoisotopic (exact) mass is 380 g/mol. The fraction of sp³-hybridized carbons (Fsp3) is 0.720. The first-order valence-corrected chi connectivity index (χ1v) is 11.9. The molecule has 2 saturated heterocycles. The molecule has 0 aromatic heterocycles. The molecule has 5 rings (SSSR count). The number of rotatable bonds is 3. The van der Waals surface area contributed by atoms with Gasteiger partial charge in [-0.1, -0.05) is 43.5 Å². The van der Waals surface area contributed by atoms with Gasteiger partial charge in [0, 0.05) is 19.5 Å². The molecule has 0 N–H and O–H groups in total. The van der Waals surface area contributed by atoms with Crippen LogP contribution in [0.15, 0.2) is 24.3 Å². The van der Waals surface area contributed by atoms with E-state index in [1.807, 2.05) is 0 Å². The normalized spacial score (nSPS) is 28.6. The summed E-state index contributed by atoms with van der Waals surface area (Å²) in [5.41, 5.74) is 3.40. The highest BCUT2D eigenvalue weighted by Crippen LogP contribution is 2.50.